The molecule has 2 nitrogen and oxygen atoms in total. The Balaban J connectivity index is 3.72. The Kier molecular flexibility index (Phi) is 3.47. The van der Waals surface area contributed by atoms with Crippen molar-refractivity contribution in [1.29, 1.82) is 0 Å². The highest BCUT2D eigenvalue weighted by molar-refractivity contribution is 5.80. The third-order valence-corrected chi connectivity index (χ3v) is 1.75. The Morgan fingerprint density at radius 3 is 2.22 bits per heavy atom. The van der Waals surface area contributed by atoms with Crippen LogP contribution < -0.4 is 0 Å². The molecule has 0 fully saturated rings. The first-order valence-electron chi connectivity index (χ1n) is 3.30. The molecule has 0 aromatic rings. The second kappa shape index (κ2) is 3.62. The molecule has 1 unspecified atom stereocenters. The van der Waals surface area contributed by atoms with Gasteiger partial charge in [-0.05, 0) is 27.4 Å². The molecule has 0 N–H and O–H groups in total. The van der Waals surface area contributed by atoms with Gasteiger partial charge < -0.3 is 0 Å². The van der Waals surface area contributed by atoms with Crippen LogP contribution in [0.3, 0.4) is 0 Å². The normalized spacial score (nSPS) is 13.9. The molecule has 0 aromatic carbocycles. The van der Waals surface area contributed by atoms with Crippen molar-refractivity contribution in [2.75, 3.05) is 13.6 Å². The van der Waals surface area contributed by atoms with Gasteiger partial charge in [0.2, 0.25) is 0 Å². The van der Waals surface area contributed by atoms with Gasteiger partial charge in [0.25, 0.3) is 0 Å². The molecule has 9 heavy (non-hydrogen) atoms. The Hall–Kier alpha value is -0.370. The second-order valence-corrected chi connectivity index (χ2v) is 2.36. The van der Waals surface area contributed by atoms with Crippen molar-refractivity contribution in [3.05, 3.63) is 0 Å². The Morgan fingerprint density at radius 1 is 1.67 bits per heavy atom. The summed E-state index contributed by atoms with van der Waals surface area (Å²) in [6, 6.07) is 0.0787. The zero-order valence-electron chi connectivity index (χ0n) is 6.64. The van der Waals surface area contributed by atoms with Crippen LogP contribution in [0.4, 0.5) is 0 Å². The third-order valence-electron chi connectivity index (χ3n) is 1.75. The molecular weight excluding hydrogens is 114 g/mol. The molecule has 0 aliphatic carbocycles. The van der Waals surface area contributed by atoms with Gasteiger partial charge in [-0.25, -0.2) is 0 Å². The lowest BCUT2D eigenvalue weighted by atomic mass is 10.2. The molecule has 0 spiro atoms. The van der Waals surface area contributed by atoms with E-state index in [9.17, 15) is 4.79 Å². The van der Waals surface area contributed by atoms with Crippen LogP contribution in [-0.2, 0) is 4.79 Å². The maximum Gasteiger partial charge on any atom is 0.146 e. The zero-order valence-corrected chi connectivity index (χ0v) is 6.64. The summed E-state index contributed by atoms with van der Waals surface area (Å²) in [7, 11) is 1.95. The fourth-order valence-corrected chi connectivity index (χ4v) is 0.584. The van der Waals surface area contributed by atoms with Gasteiger partial charge in [0.1, 0.15) is 5.78 Å². The summed E-state index contributed by atoms with van der Waals surface area (Å²) >= 11 is 0. The highest BCUT2D eigenvalue weighted by Gasteiger charge is 2.10. The third kappa shape index (κ3) is 2.61. The van der Waals surface area contributed by atoms with Crippen molar-refractivity contribution in [1.82, 2.24) is 4.90 Å². The van der Waals surface area contributed by atoms with E-state index >= 15 is 0 Å². The van der Waals surface area contributed by atoms with Crippen LogP contribution in [0.2, 0.25) is 0 Å². The van der Waals surface area contributed by atoms with Crippen molar-refractivity contribution in [3.63, 3.8) is 0 Å². The van der Waals surface area contributed by atoms with Gasteiger partial charge >= 0.3 is 0 Å². The molecule has 0 aliphatic rings. The molecule has 2 heteroatoms. The second-order valence-electron chi connectivity index (χ2n) is 2.36. The number of carbonyl (C=O) groups excluding carboxylic acids is 1. The average Bonchev–Trinajstić information content (AvgIpc) is 1.84. The van der Waals surface area contributed by atoms with E-state index < -0.39 is 0 Å². The number of ketones is 1. The van der Waals surface area contributed by atoms with Crippen molar-refractivity contribution < 1.29 is 4.79 Å². The maximum absolute atomic E-state index is 10.7. The summed E-state index contributed by atoms with van der Waals surface area (Å²) in [6.45, 7) is 6.52. The van der Waals surface area contributed by atoms with Crippen molar-refractivity contribution in [2.45, 2.75) is 26.8 Å². The number of Topliss-reactive ketones (excluding diaryl/α,β-unsaturated/α-hetero) is 1. The van der Waals surface area contributed by atoms with Gasteiger partial charge in [0, 0.05) is 0 Å². The Bertz CT molecular complexity index is 101. The highest BCUT2D eigenvalue weighted by Crippen LogP contribution is 1.94. The fourth-order valence-electron chi connectivity index (χ4n) is 0.584. The molecule has 0 rings (SSSR count). The van der Waals surface area contributed by atoms with Gasteiger partial charge in [0.15, 0.2) is 0 Å². The number of likely N-dealkylation sites (N-methyl/N-ethyl adjacent to an activating group) is 1. The summed E-state index contributed by atoms with van der Waals surface area (Å²) in [5.74, 6) is 0.236. The molecule has 54 valence electrons. The van der Waals surface area contributed by atoms with Crippen LogP contribution in [0.25, 0.3) is 0 Å². The van der Waals surface area contributed by atoms with E-state index in [0.717, 1.165) is 6.54 Å². The van der Waals surface area contributed by atoms with E-state index in [1.807, 2.05) is 25.8 Å². The minimum Gasteiger partial charge on any atom is -0.298 e. The largest absolute Gasteiger partial charge is 0.298 e. The molecule has 0 aliphatic heterocycles. The van der Waals surface area contributed by atoms with E-state index in [4.69, 9.17) is 0 Å². The lowest BCUT2D eigenvalue weighted by molar-refractivity contribution is -0.121. The number of carbonyl (C=O) groups is 1. The molecule has 0 radical (unpaired) electrons. The van der Waals surface area contributed by atoms with Gasteiger partial charge in [-0.3, -0.25) is 9.69 Å². The summed E-state index contributed by atoms with van der Waals surface area (Å²) in [6.07, 6.45) is 0. The van der Waals surface area contributed by atoms with Crippen LogP contribution >= 0.6 is 0 Å². The van der Waals surface area contributed by atoms with Crippen molar-refractivity contribution in [3.8, 4) is 0 Å². The predicted octanol–water partition coefficient (Wildman–Crippen LogP) is 0.916. The van der Waals surface area contributed by atoms with Gasteiger partial charge in [-0.15, -0.1) is 0 Å². The Morgan fingerprint density at radius 2 is 2.11 bits per heavy atom. The zero-order chi connectivity index (χ0) is 7.44. The molecule has 0 saturated heterocycles. The lowest BCUT2D eigenvalue weighted by Gasteiger charge is -2.19. The van der Waals surface area contributed by atoms with Gasteiger partial charge in [-0.1, -0.05) is 6.92 Å². The number of hydrogen-bond donors (Lipinski definition) is 0. The van der Waals surface area contributed by atoms with E-state index in [0.29, 0.717) is 0 Å². The van der Waals surface area contributed by atoms with E-state index in [1.54, 1.807) is 6.92 Å². The average molecular weight is 129 g/mol. The molecule has 0 saturated carbocycles. The van der Waals surface area contributed by atoms with Crippen molar-refractivity contribution in [2.24, 2.45) is 0 Å². The predicted molar refractivity (Wildman–Crippen MR) is 38.4 cm³/mol. The fraction of sp³-hybridized carbons (Fsp3) is 0.857. The summed E-state index contributed by atoms with van der Waals surface area (Å²) in [5.41, 5.74) is 0. The molecule has 0 bridgehead atoms. The van der Waals surface area contributed by atoms with Crippen LogP contribution in [0.1, 0.15) is 20.8 Å². The minimum absolute atomic E-state index is 0.0787. The first-order valence-corrected chi connectivity index (χ1v) is 3.30. The van der Waals surface area contributed by atoms with E-state index in [2.05, 4.69) is 0 Å². The quantitative estimate of drug-likeness (QED) is 0.564. The molecule has 0 aromatic heterocycles. The van der Waals surface area contributed by atoms with Gasteiger partial charge in [0.05, 0.1) is 6.04 Å². The monoisotopic (exact) mass is 129 g/mol. The topological polar surface area (TPSA) is 20.3 Å². The molecule has 0 heterocycles. The molecular formula is C7H15NO. The first kappa shape index (κ1) is 8.63. The summed E-state index contributed by atoms with van der Waals surface area (Å²) in [5, 5.41) is 0. The number of hydrogen-bond acceptors (Lipinski definition) is 2. The molecule has 1 atom stereocenters. The molecule has 0 amide bonds. The maximum atomic E-state index is 10.7. The Labute approximate surface area is 56.9 Å². The van der Waals surface area contributed by atoms with Gasteiger partial charge in [-0.2, -0.15) is 0 Å². The first-order chi connectivity index (χ1) is 4.09. The summed E-state index contributed by atoms with van der Waals surface area (Å²) < 4.78 is 0. The highest BCUT2D eigenvalue weighted by atomic mass is 16.1. The smallest absolute Gasteiger partial charge is 0.146 e. The summed E-state index contributed by atoms with van der Waals surface area (Å²) in [4.78, 5) is 12.7. The van der Waals surface area contributed by atoms with Crippen LogP contribution in [-0.4, -0.2) is 30.3 Å². The van der Waals surface area contributed by atoms with Crippen LogP contribution in [0.15, 0.2) is 0 Å². The lowest BCUT2D eigenvalue weighted by Crippen LogP contribution is -2.34. The van der Waals surface area contributed by atoms with E-state index in [1.165, 1.54) is 0 Å². The van der Waals surface area contributed by atoms with Crippen molar-refractivity contribution >= 4 is 5.78 Å². The standard InChI is InChI=1S/C7H15NO/c1-5-8(4)6(2)7(3)9/h6H,5H2,1-4H3. The number of rotatable bonds is 3. The SMILES string of the molecule is CCN(C)C(C)C(C)=O. The number of nitrogens with zero attached hydrogens (tertiary/aromatic N) is 1. The van der Waals surface area contributed by atoms with E-state index in [-0.39, 0.29) is 11.8 Å². The van der Waals surface area contributed by atoms with Crippen LogP contribution in [0.5, 0.6) is 0 Å². The van der Waals surface area contributed by atoms with Crippen LogP contribution in [0, 0.1) is 0 Å². The minimum atomic E-state index is 0.0787.